The molecule has 1 saturated heterocycles. The normalized spacial score (nSPS) is 16.9. The van der Waals surface area contributed by atoms with E-state index in [9.17, 15) is 4.79 Å². The highest BCUT2D eigenvalue weighted by molar-refractivity contribution is 7.10. The van der Waals surface area contributed by atoms with Crippen molar-refractivity contribution in [3.05, 3.63) is 57.2 Å². The molecular formula is C17H19ClN2O2S. The maximum atomic E-state index is 12.3. The Morgan fingerprint density at radius 1 is 1.26 bits per heavy atom. The molecule has 2 aromatic rings. The summed E-state index contributed by atoms with van der Waals surface area (Å²) in [4.78, 5) is 16.0. The van der Waals surface area contributed by atoms with Crippen LogP contribution in [0.25, 0.3) is 0 Å². The van der Waals surface area contributed by atoms with Crippen molar-refractivity contribution in [3.8, 4) is 0 Å². The number of morpholine rings is 1. The van der Waals surface area contributed by atoms with E-state index in [1.54, 1.807) is 35.6 Å². The highest BCUT2D eigenvalue weighted by atomic mass is 35.5. The van der Waals surface area contributed by atoms with Gasteiger partial charge in [-0.2, -0.15) is 0 Å². The SMILES string of the molecule is O=C(NC[C@@H](c1cccs1)N1CCOCC1)c1ccc(Cl)cc1. The zero-order chi connectivity index (χ0) is 16.1. The quantitative estimate of drug-likeness (QED) is 0.900. The Labute approximate surface area is 145 Å². The minimum absolute atomic E-state index is 0.0727. The predicted molar refractivity (Wildman–Crippen MR) is 93.2 cm³/mol. The Hall–Kier alpha value is -1.40. The van der Waals surface area contributed by atoms with Crippen molar-refractivity contribution >= 4 is 28.8 Å². The van der Waals surface area contributed by atoms with E-state index in [2.05, 4.69) is 27.7 Å². The second-order valence-corrected chi connectivity index (χ2v) is 6.81. The Balaban J connectivity index is 1.66. The number of carbonyl (C=O) groups excluding carboxylic acids is 1. The fourth-order valence-electron chi connectivity index (χ4n) is 2.67. The van der Waals surface area contributed by atoms with Crippen LogP contribution in [0.1, 0.15) is 21.3 Å². The number of benzene rings is 1. The maximum absolute atomic E-state index is 12.3. The average Bonchev–Trinajstić information content (AvgIpc) is 3.11. The van der Waals surface area contributed by atoms with Crippen LogP contribution in [0.3, 0.4) is 0 Å². The molecule has 1 amide bonds. The molecule has 0 unspecified atom stereocenters. The standard InChI is InChI=1S/C17H19ClN2O2S/c18-14-5-3-13(4-6-14)17(21)19-12-15(16-2-1-11-23-16)20-7-9-22-10-8-20/h1-6,11,15H,7-10,12H2,(H,19,21)/t15-/m0/s1. The molecular weight excluding hydrogens is 332 g/mol. The number of halogens is 1. The van der Waals surface area contributed by atoms with Crippen molar-refractivity contribution in [2.24, 2.45) is 0 Å². The predicted octanol–water partition coefficient (Wildman–Crippen LogP) is 3.20. The molecule has 1 atom stereocenters. The molecule has 2 heterocycles. The topological polar surface area (TPSA) is 41.6 Å². The average molecular weight is 351 g/mol. The number of rotatable bonds is 5. The van der Waals surface area contributed by atoms with E-state index in [1.165, 1.54) is 4.88 Å². The minimum Gasteiger partial charge on any atom is -0.379 e. The third-order valence-electron chi connectivity index (χ3n) is 3.92. The first-order valence-electron chi connectivity index (χ1n) is 7.63. The lowest BCUT2D eigenvalue weighted by molar-refractivity contribution is 0.0169. The van der Waals surface area contributed by atoms with Crippen molar-refractivity contribution in [1.29, 1.82) is 0 Å². The zero-order valence-corrected chi connectivity index (χ0v) is 14.3. The summed E-state index contributed by atoms with van der Waals surface area (Å²) in [5, 5.41) is 5.75. The van der Waals surface area contributed by atoms with Gasteiger partial charge in [-0.05, 0) is 35.7 Å². The first kappa shape index (κ1) is 16.5. The van der Waals surface area contributed by atoms with Gasteiger partial charge in [0.25, 0.3) is 5.91 Å². The van der Waals surface area contributed by atoms with Crippen molar-refractivity contribution in [2.45, 2.75) is 6.04 Å². The number of thiophene rings is 1. The maximum Gasteiger partial charge on any atom is 0.251 e. The van der Waals surface area contributed by atoms with Crippen molar-refractivity contribution < 1.29 is 9.53 Å². The Kier molecular flexibility index (Phi) is 5.67. The summed E-state index contributed by atoms with van der Waals surface area (Å²) in [7, 11) is 0. The number of ether oxygens (including phenoxy) is 1. The molecule has 4 nitrogen and oxygen atoms in total. The lowest BCUT2D eigenvalue weighted by Crippen LogP contribution is -2.43. The van der Waals surface area contributed by atoms with Crippen LogP contribution in [0.4, 0.5) is 0 Å². The fraction of sp³-hybridized carbons (Fsp3) is 0.353. The third-order valence-corrected chi connectivity index (χ3v) is 5.15. The molecule has 0 bridgehead atoms. The summed E-state index contributed by atoms with van der Waals surface area (Å²) in [6, 6.07) is 11.3. The molecule has 1 aliphatic rings. The molecule has 3 rings (SSSR count). The summed E-state index contributed by atoms with van der Waals surface area (Å²) in [6.45, 7) is 3.85. The zero-order valence-electron chi connectivity index (χ0n) is 12.7. The van der Waals surface area contributed by atoms with Gasteiger partial charge in [0.1, 0.15) is 0 Å². The van der Waals surface area contributed by atoms with E-state index < -0.39 is 0 Å². The minimum atomic E-state index is -0.0727. The van der Waals surface area contributed by atoms with Gasteiger partial charge in [0.15, 0.2) is 0 Å². The highest BCUT2D eigenvalue weighted by Gasteiger charge is 2.24. The molecule has 1 N–H and O–H groups in total. The molecule has 0 saturated carbocycles. The number of nitrogens with one attached hydrogen (secondary N) is 1. The molecule has 1 fully saturated rings. The highest BCUT2D eigenvalue weighted by Crippen LogP contribution is 2.25. The number of amides is 1. The van der Waals surface area contributed by atoms with Crippen molar-refractivity contribution in [2.75, 3.05) is 32.8 Å². The molecule has 1 aliphatic heterocycles. The van der Waals surface area contributed by atoms with Gasteiger partial charge in [0, 0.05) is 35.1 Å². The van der Waals surface area contributed by atoms with Crippen LogP contribution in [-0.2, 0) is 4.74 Å². The van der Waals surface area contributed by atoms with E-state index in [1.807, 2.05) is 0 Å². The largest absolute Gasteiger partial charge is 0.379 e. The smallest absolute Gasteiger partial charge is 0.251 e. The summed E-state index contributed by atoms with van der Waals surface area (Å²) < 4.78 is 5.44. The van der Waals surface area contributed by atoms with Gasteiger partial charge in [-0.1, -0.05) is 17.7 Å². The molecule has 0 spiro atoms. The third kappa shape index (κ3) is 4.32. The van der Waals surface area contributed by atoms with E-state index >= 15 is 0 Å². The van der Waals surface area contributed by atoms with Crippen LogP contribution in [0.15, 0.2) is 41.8 Å². The Bertz CT molecular complexity index is 625. The first-order valence-corrected chi connectivity index (χ1v) is 8.89. The summed E-state index contributed by atoms with van der Waals surface area (Å²) in [6.07, 6.45) is 0. The number of carbonyl (C=O) groups is 1. The van der Waals surface area contributed by atoms with Gasteiger partial charge in [-0.3, -0.25) is 9.69 Å². The second kappa shape index (κ2) is 7.93. The number of hydrogen-bond acceptors (Lipinski definition) is 4. The monoisotopic (exact) mass is 350 g/mol. The molecule has 6 heteroatoms. The van der Waals surface area contributed by atoms with E-state index in [0.29, 0.717) is 17.1 Å². The van der Waals surface area contributed by atoms with Gasteiger partial charge in [0.05, 0.1) is 19.3 Å². The van der Waals surface area contributed by atoms with Gasteiger partial charge < -0.3 is 10.1 Å². The van der Waals surface area contributed by atoms with E-state index in [0.717, 1.165) is 26.3 Å². The van der Waals surface area contributed by atoms with Gasteiger partial charge >= 0.3 is 0 Å². The van der Waals surface area contributed by atoms with Gasteiger partial charge in [-0.25, -0.2) is 0 Å². The van der Waals surface area contributed by atoms with Crippen LogP contribution in [-0.4, -0.2) is 43.7 Å². The van der Waals surface area contributed by atoms with Gasteiger partial charge in [0.2, 0.25) is 0 Å². The number of hydrogen-bond donors (Lipinski definition) is 1. The molecule has 1 aromatic heterocycles. The van der Waals surface area contributed by atoms with Crippen molar-refractivity contribution in [3.63, 3.8) is 0 Å². The lowest BCUT2D eigenvalue weighted by Gasteiger charge is -2.34. The van der Waals surface area contributed by atoms with Crippen LogP contribution in [0, 0.1) is 0 Å². The van der Waals surface area contributed by atoms with Gasteiger partial charge in [-0.15, -0.1) is 11.3 Å². The van der Waals surface area contributed by atoms with E-state index in [-0.39, 0.29) is 11.9 Å². The molecule has 122 valence electrons. The fourth-order valence-corrected chi connectivity index (χ4v) is 3.66. The van der Waals surface area contributed by atoms with Crippen LogP contribution in [0.2, 0.25) is 5.02 Å². The first-order chi connectivity index (χ1) is 11.2. The Morgan fingerprint density at radius 2 is 2.00 bits per heavy atom. The summed E-state index contributed by atoms with van der Waals surface area (Å²) in [5.41, 5.74) is 0.626. The van der Waals surface area contributed by atoms with E-state index in [4.69, 9.17) is 16.3 Å². The summed E-state index contributed by atoms with van der Waals surface area (Å²) in [5.74, 6) is -0.0727. The number of nitrogens with zero attached hydrogens (tertiary/aromatic N) is 1. The molecule has 1 aromatic carbocycles. The summed E-state index contributed by atoms with van der Waals surface area (Å²) >= 11 is 7.59. The molecule has 0 radical (unpaired) electrons. The Morgan fingerprint density at radius 3 is 2.65 bits per heavy atom. The second-order valence-electron chi connectivity index (χ2n) is 5.40. The lowest BCUT2D eigenvalue weighted by atomic mass is 10.1. The van der Waals surface area contributed by atoms with Crippen LogP contribution < -0.4 is 5.32 Å². The molecule has 23 heavy (non-hydrogen) atoms. The van der Waals surface area contributed by atoms with Crippen LogP contribution >= 0.6 is 22.9 Å². The van der Waals surface area contributed by atoms with Crippen LogP contribution in [0.5, 0.6) is 0 Å². The van der Waals surface area contributed by atoms with Crippen molar-refractivity contribution in [1.82, 2.24) is 10.2 Å². The molecule has 0 aliphatic carbocycles.